The molecule has 0 heterocycles. The SMILES string of the molecule is Cc1cc(C)cc(NC(=O)C(Sc2cccc(NC(=O)c3c(Cl)c(Cl)c(Cl)c(Cl)c3C(=O)O)c2)c2ccccc2)c1. The quantitative estimate of drug-likeness (QED) is 0.101. The molecule has 0 bridgehead atoms. The molecule has 4 aromatic rings. The maximum Gasteiger partial charge on any atom is 0.338 e. The third kappa shape index (κ3) is 7.18. The number of aromatic carboxylic acids is 1. The molecule has 0 aliphatic rings. The van der Waals surface area contributed by atoms with Crippen LogP contribution < -0.4 is 10.6 Å². The van der Waals surface area contributed by atoms with Crippen molar-refractivity contribution in [3.8, 4) is 0 Å². The van der Waals surface area contributed by atoms with E-state index in [9.17, 15) is 19.5 Å². The summed E-state index contributed by atoms with van der Waals surface area (Å²) < 4.78 is 0. The molecule has 3 N–H and O–H groups in total. The highest BCUT2D eigenvalue weighted by atomic mass is 35.5. The van der Waals surface area contributed by atoms with E-state index in [1.807, 2.05) is 62.4 Å². The normalized spacial score (nSPS) is 11.6. The van der Waals surface area contributed by atoms with E-state index in [0.29, 0.717) is 16.3 Å². The van der Waals surface area contributed by atoms with Crippen molar-refractivity contribution in [1.82, 2.24) is 0 Å². The van der Waals surface area contributed by atoms with Crippen LogP contribution in [0.25, 0.3) is 0 Å². The average molecular weight is 648 g/mol. The first-order chi connectivity index (χ1) is 19.5. The maximum atomic E-state index is 13.5. The van der Waals surface area contributed by atoms with Gasteiger partial charge in [0.1, 0.15) is 5.25 Å². The Hall–Kier alpha value is -3.20. The summed E-state index contributed by atoms with van der Waals surface area (Å²) in [5, 5.41) is 13.5. The second-order valence-corrected chi connectivity index (χ2v) is 11.8. The summed E-state index contributed by atoms with van der Waals surface area (Å²) in [6.45, 7) is 3.93. The minimum atomic E-state index is -1.49. The van der Waals surface area contributed by atoms with Crippen molar-refractivity contribution < 1.29 is 19.5 Å². The Balaban J connectivity index is 1.63. The van der Waals surface area contributed by atoms with Crippen LogP contribution >= 0.6 is 58.2 Å². The minimum absolute atomic E-state index is 0.219. The molecule has 4 rings (SSSR count). The van der Waals surface area contributed by atoms with Gasteiger partial charge in [-0.2, -0.15) is 0 Å². The first-order valence-corrected chi connectivity index (χ1v) is 14.5. The number of carboxylic acids is 1. The number of rotatable bonds is 8. The standard InChI is InChI=1S/C30H22Cl4N2O4S/c1-15-11-16(2)13-19(12-15)36-29(38)27(17-7-4-3-5-8-17)41-20-10-6-9-18(14-20)35-28(37)21-22(30(39)40)24(32)26(34)25(33)23(21)31/h3-14,27H,1-2H3,(H,35,37)(H,36,38)(H,39,40). The van der Waals surface area contributed by atoms with Crippen LogP contribution in [-0.2, 0) is 4.79 Å². The summed E-state index contributed by atoms with van der Waals surface area (Å²) in [6, 6.07) is 21.9. The summed E-state index contributed by atoms with van der Waals surface area (Å²) in [7, 11) is 0. The highest BCUT2D eigenvalue weighted by molar-refractivity contribution is 8.00. The van der Waals surface area contributed by atoms with Gasteiger partial charge >= 0.3 is 5.97 Å². The highest BCUT2D eigenvalue weighted by Crippen LogP contribution is 2.42. The molecular formula is C30H22Cl4N2O4S. The zero-order valence-electron chi connectivity index (χ0n) is 21.6. The molecule has 0 radical (unpaired) electrons. The van der Waals surface area contributed by atoms with Crippen LogP contribution in [0, 0.1) is 13.8 Å². The summed E-state index contributed by atoms with van der Waals surface area (Å²) in [5.74, 6) is -2.56. The van der Waals surface area contributed by atoms with Gasteiger partial charge < -0.3 is 15.7 Å². The van der Waals surface area contributed by atoms with Gasteiger partial charge in [-0.05, 0) is 60.9 Å². The second kappa shape index (κ2) is 13.2. The molecular weight excluding hydrogens is 626 g/mol. The number of anilines is 2. The molecule has 2 amide bonds. The topological polar surface area (TPSA) is 95.5 Å². The van der Waals surface area contributed by atoms with Gasteiger partial charge in [0.25, 0.3) is 5.91 Å². The number of halogens is 4. The average Bonchev–Trinajstić information content (AvgIpc) is 2.92. The second-order valence-electron chi connectivity index (χ2n) is 9.07. The van der Waals surface area contributed by atoms with Crippen molar-refractivity contribution in [2.75, 3.05) is 10.6 Å². The molecule has 0 aliphatic heterocycles. The molecule has 0 fully saturated rings. The fourth-order valence-corrected chi connectivity index (χ4v) is 6.28. The zero-order chi connectivity index (χ0) is 29.8. The first kappa shape index (κ1) is 30.8. The lowest BCUT2D eigenvalue weighted by Crippen LogP contribution is -2.19. The van der Waals surface area contributed by atoms with Gasteiger partial charge in [-0.1, -0.05) is 88.9 Å². The molecule has 0 saturated carbocycles. The molecule has 4 aromatic carbocycles. The van der Waals surface area contributed by atoms with Crippen molar-refractivity contribution >= 4 is 87.3 Å². The van der Waals surface area contributed by atoms with Crippen LogP contribution in [0.1, 0.15) is 42.7 Å². The number of carboxylic acid groups (broad SMARTS) is 1. The lowest BCUT2D eigenvalue weighted by atomic mass is 10.1. The minimum Gasteiger partial charge on any atom is -0.478 e. The van der Waals surface area contributed by atoms with Crippen molar-refractivity contribution in [3.05, 3.63) is 121 Å². The Morgan fingerprint density at radius 2 is 1.32 bits per heavy atom. The molecule has 210 valence electrons. The number of hydrogen-bond acceptors (Lipinski definition) is 4. The molecule has 1 atom stereocenters. The monoisotopic (exact) mass is 646 g/mol. The zero-order valence-corrected chi connectivity index (χ0v) is 25.4. The number of carbonyl (C=O) groups excluding carboxylic acids is 2. The number of thioether (sulfide) groups is 1. The Morgan fingerprint density at radius 1 is 0.707 bits per heavy atom. The Morgan fingerprint density at radius 3 is 1.93 bits per heavy atom. The highest BCUT2D eigenvalue weighted by Gasteiger charge is 2.29. The third-order valence-corrected chi connectivity index (χ3v) is 8.93. The van der Waals surface area contributed by atoms with E-state index in [-0.39, 0.29) is 21.0 Å². The lowest BCUT2D eigenvalue weighted by Gasteiger charge is -2.18. The summed E-state index contributed by atoms with van der Waals surface area (Å²) in [5.41, 5.74) is 2.88. The number of carbonyl (C=O) groups is 3. The van der Waals surface area contributed by atoms with E-state index < -0.39 is 33.3 Å². The Labute approximate surface area is 261 Å². The molecule has 6 nitrogen and oxygen atoms in total. The van der Waals surface area contributed by atoms with Crippen molar-refractivity contribution in [2.45, 2.75) is 24.0 Å². The molecule has 0 aliphatic carbocycles. The summed E-state index contributed by atoms with van der Waals surface area (Å²) in [4.78, 5) is 39.3. The molecule has 1 unspecified atom stereocenters. The van der Waals surface area contributed by atoms with E-state index >= 15 is 0 Å². The van der Waals surface area contributed by atoms with Crippen molar-refractivity contribution in [1.29, 1.82) is 0 Å². The predicted molar refractivity (Wildman–Crippen MR) is 167 cm³/mol. The molecule has 0 aromatic heterocycles. The lowest BCUT2D eigenvalue weighted by molar-refractivity contribution is -0.115. The van der Waals surface area contributed by atoms with E-state index in [1.165, 1.54) is 11.8 Å². The van der Waals surface area contributed by atoms with Gasteiger partial charge in [0.15, 0.2) is 0 Å². The fraction of sp³-hybridized carbons (Fsp3) is 0.100. The Kier molecular flexibility index (Phi) is 9.89. The van der Waals surface area contributed by atoms with Crippen LogP contribution in [0.4, 0.5) is 11.4 Å². The largest absolute Gasteiger partial charge is 0.478 e. The van der Waals surface area contributed by atoms with E-state index in [2.05, 4.69) is 10.6 Å². The number of amides is 2. The van der Waals surface area contributed by atoms with Crippen LogP contribution in [-0.4, -0.2) is 22.9 Å². The van der Waals surface area contributed by atoms with Crippen molar-refractivity contribution in [2.24, 2.45) is 0 Å². The van der Waals surface area contributed by atoms with E-state index in [0.717, 1.165) is 16.7 Å². The smallest absolute Gasteiger partial charge is 0.338 e. The van der Waals surface area contributed by atoms with E-state index in [1.54, 1.807) is 24.3 Å². The van der Waals surface area contributed by atoms with Crippen molar-refractivity contribution in [3.63, 3.8) is 0 Å². The van der Waals surface area contributed by atoms with Gasteiger partial charge in [-0.25, -0.2) is 4.79 Å². The van der Waals surface area contributed by atoms with Gasteiger partial charge in [-0.3, -0.25) is 9.59 Å². The molecule has 11 heteroatoms. The van der Waals surface area contributed by atoms with Gasteiger partial charge in [0, 0.05) is 16.3 Å². The number of benzene rings is 4. The van der Waals surface area contributed by atoms with Crippen LogP contribution in [0.15, 0.2) is 77.7 Å². The summed E-state index contributed by atoms with van der Waals surface area (Å²) in [6.07, 6.45) is 0. The molecule has 0 spiro atoms. The fourth-order valence-electron chi connectivity index (χ4n) is 4.18. The predicted octanol–water partition coefficient (Wildman–Crippen LogP) is 9.34. The van der Waals surface area contributed by atoms with Crippen LogP contribution in [0.3, 0.4) is 0 Å². The molecule has 0 saturated heterocycles. The molecule has 41 heavy (non-hydrogen) atoms. The van der Waals surface area contributed by atoms with Crippen LogP contribution in [0.5, 0.6) is 0 Å². The Bertz CT molecular complexity index is 1640. The third-order valence-electron chi connectivity index (χ3n) is 5.88. The number of aryl methyl sites for hydroxylation is 2. The number of hydrogen-bond donors (Lipinski definition) is 3. The number of nitrogens with one attached hydrogen (secondary N) is 2. The van der Waals surface area contributed by atoms with Gasteiger partial charge in [0.2, 0.25) is 5.91 Å². The first-order valence-electron chi connectivity index (χ1n) is 12.1. The van der Waals surface area contributed by atoms with Crippen LogP contribution in [0.2, 0.25) is 20.1 Å². The van der Waals surface area contributed by atoms with Gasteiger partial charge in [0.05, 0.1) is 31.2 Å². The summed E-state index contributed by atoms with van der Waals surface area (Å²) >= 11 is 25.7. The van der Waals surface area contributed by atoms with E-state index in [4.69, 9.17) is 46.4 Å². The van der Waals surface area contributed by atoms with Gasteiger partial charge in [-0.15, -0.1) is 11.8 Å². The maximum absolute atomic E-state index is 13.5.